The summed E-state index contributed by atoms with van der Waals surface area (Å²) in [7, 11) is 0. The summed E-state index contributed by atoms with van der Waals surface area (Å²) in [5.41, 5.74) is 3.07. The molecule has 8 nitrogen and oxygen atoms in total. The average molecular weight is 262 g/mol. The molecule has 2 rings (SSSR count). The third-order valence-corrected chi connectivity index (χ3v) is 2.46. The van der Waals surface area contributed by atoms with Gasteiger partial charge in [0.25, 0.3) is 5.95 Å². The number of hydrogen-bond acceptors (Lipinski definition) is 7. The summed E-state index contributed by atoms with van der Waals surface area (Å²) in [6, 6.07) is 4.20. The summed E-state index contributed by atoms with van der Waals surface area (Å²) in [6.07, 6.45) is 2.04. The lowest BCUT2D eigenvalue weighted by molar-refractivity contribution is 0.450. The summed E-state index contributed by atoms with van der Waals surface area (Å²) in [5.74, 6) is 6.55. The van der Waals surface area contributed by atoms with Crippen LogP contribution in [0.5, 0.6) is 11.5 Å². The number of rotatable bonds is 4. The van der Waals surface area contributed by atoms with Crippen molar-refractivity contribution in [1.29, 1.82) is 0 Å². The van der Waals surface area contributed by atoms with E-state index in [4.69, 9.17) is 10.9 Å². The SMILES string of the molecule is CCc1nnc(N/N=C\c2ccc(O)cc2O)n1N. The first kappa shape index (κ1) is 12.7. The van der Waals surface area contributed by atoms with Crippen LogP contribution in [0.3, 0.4) is 0 Å². The molecule has 0 aliphatic rings. The van der Waals surface area contributed by atoms with E-state index in [0.29, 0.717) is 23.8 Å². The predicted molar refractivity (Wildman–Crippen MR) is 70.5 cm³/mol. The van der Waals surface area contributed by atoms with Gasteiger partial charge in [-0.2, -0.15) is 5.10 Å². The Bertz CT molecular complexity index is 607. The van der Waals surface area contributed by atoms with E-state index in [1.54, 1.807) is 0 Å². The van der Waals surface area contributed by atoms with Crippen molar-refractivity contribution >= 4 is 12.2 Å². The van der Waals surface area contributed by atoms with E-state index in [-0.39, 0.29) is 11.5 Å². The summed E-state index contributed by atoms with van der Waals surface area (Å²) >= 11 is 0. The van der Waals surface area contributed by atoms with Crippen molar-refractivity contribution in [2.75, 3.05) is 11.3 Å². The fraction of sp³-hybridized carbons (Fsp3) is 0.182. The largest absolute Gasteiger partial charge is 0.508 e. The molecule has 0 radical (unpaired) electrons. The van der Waals surface area contributed by atoms with Gasteiger partial charge >= 0.3 is 0 Å². The van der Waals surface area contributed by atoms with Gasteiger partial charge in [0.1, 0.15) is 11.5 Å². The topological polar surface area (TPSA) is 122 Å². The van der Waals surface area contributed by atoms with Crippen LogP contribution in [0.4, 0.5) is 5.95 Å². The molecule has 0 aliphatic carbocycles. The van der Waals surface area contributed by atoms with Crippen molar-refractivity contribution in [3.8, 4) is 11.5 Å². The van der Waals surface area contributed by atoms with Crippen molar-refractivity contribution in [3.05, 3.63) is 29.6 Å². The number of hydrazone groups is 1. The standard InChI is InChI=1S/C11H14N6O2/c1-2-10-14-16-11(17(10)12)15-13-6-7-3-4-8(18)5-9(7)19/h3-6,18-19H,2,12H2,1H3,(H,15,16)/b13-6-. The highest BCUT2D eigenvalue weighted by Gasteiger charge is 2.06. The number of phenolic OH excluding ortho intramolecular Hbond substituents is 2. The lowest BCUT2D eigenvalue weighted by Crippen LogP contribution is -2.14. The first-order valence-electron chi connectivity index (χ1n) is 5.62. The van der Waals surface area contributed by atoms with E-state index < -0.39 is 0 Å². The molecular weight excluding hydrogens is 248 g/mol. The zero-order chi connectivity index (χ0) is 13.8. The van der Waals surface area contributed by atoms with Gasteiger partial charge in [0.2, 0.25) is 0 Å². The molecule has 0 saturated heterocycles. The first-order chi connectivity index (χ1) is 9.11. The quantitative estimate of drug-likeness (QED) is 0.360. The summed E-state index contributed by atoms with van der Waals surface area (Å²) in [4.78, 5) is 0. The minimum atomic E-state index is -0.0750. The zero-order valence-electron chi connectivity index (χ0n) is 10.3. The lowest BCUT2D eigenvalue weighted by atomic mass is 10.2. The molecule has 0 spiro atoms. The third-order valence-electron chi connectivity index (χ3n) is 2.46. The molecule has 0 fully saturated rings. The maximum atomic E-state index is 9.55. The number of hydrogen-bond donors (Lipinski definition) is 4. The van der Waals surface area contributed by atoms with Gasteiger partial charge in [0.15, 0.2) is 5.82 Å². The van der Waals surface area contributed by atoms with E-state index in [2.05, 4.69) is 20.7 Å². The van der Waals surface area contributed by atoms with Crippen molar-refractivity contribution in [3.63, 3.8) is 0 Å². The second-order valence-electron chi connectivity index (χ2n) is 3.78. The Labute approximate surface area is 109 Å². The van der Waals surface area contributed by atoms with Gasteiger partial charge in [-0.05, 0) is 12.1 Å². The van der Waals surface area contributed by atoms with Gasteiger partial charge in [-0.3, -0.25) is 0 Å². The van der Waals surface area contributed by atoms with E-state index in [1.165, 1.54) is 29.1 Å². The van der Waals surface area contributed by atoms with Gasteiger partial charge < -0.3 is 16.1 Å². The van der Waals surface area contributed by atoms with Gasteiger partial charge in [-0.25, -0.2) is 10.1 Å². The van der Waals surface area contributed by atoms with E-state index in [0.717, 1.165) is 0 Å². The summed E-state index contributed by atoms with van der Waals surface area (Å²) in [5, 5.41) is 30.3. The van der Waals surface area contributed by atoms with E-state index in [1.807, 2.05) is 6.92 Å². The molecule has 0 amide bonds. The average Bonchev–Trinajstić information content (AvgIpc) is 2.73. The highest BCUT2D eigenvalue weighted by atomic mass is 16.3. The molecule has 1 aromatic heterocycles. The smallest absolute Gasteiger partial charge is 0.263 e. The lowest BCUT2D eigenvalue weighted by Gasteiger charge is -2.01. The third kappa shape index (κ3) is 2.73. The number of phenols is 2. The minimum absolute atomic E-state index is 0.0168. The molecule has 19 heavy (non-hydrogen) atoms. The molecule has 1 heterocycles. The van der Waals surface area contributed by atoms with E-state index >= 15 is 0 Å². The Morgan fingerprint density at radius 2 is 2.21 bits per heavy atom. The summed E-state index contributed by atoms with van der Waals surface area (Å²) < 4.78 is 1.30. The number of nitrogens with two attached hydrogens (primary N) is 1. The first-order valence-corrected chi connectivity index (χ1v) is 5.62. The molecule has 100 valence electrons. The fourth-order valence-corrected chi connectivity index (χ4v) is 1.44. The van der Waals surface area contributed by atoms with Gasteiger partial charge in [-0.15, -0.1) is 10.2 Å². The Morgan fingerprint density at radius 1 is 1.42 bits per heavy atom. The molecule has 0 unspecified atom stereocenters. The van der Waals surface area contributed by atoms with Crippen LogP contribution in [0.25, 0.3) is 0 Å². The number of aryl methyl sites for hydroxylation is 1. The van der Waals surface area contributed by atoms with Crippen LogP contribution in [-0.4, -0.2) is 31.3 Å². The fourth-order valence-electron chi connectivity index (χ4n) is 1.44. The number of aromatic nitrogens is 3. The number of benzene rings is 1. The number of aromatic hydroxyl groups is 2. The molecule has 5 N–H and O–H groups in total. The summed E-state index contributed by atoms with van der Waals surface area (Å²) in [6.45, 7) is 1.91. The van der Waals surface area contributed by atoms with Crippen LogP contribution in [0.15, 0.2) is 23.3 Å². The van der Waals surface area contributed by atoms with Crippen LogP contribution in [0, 0.1) is 0 Å². The number of nitrogens with zero attached hydrogens (tertiary/aromatic N) is 4. The molecule has 8 heteroatoms. The second kappa shape index (κ2) is 5.25. The maximum absolute atomic E-state index is 9.55. The Morgan fingerprint density at radius 3 is 2.84 bits per heavy atom. The highest BCUT2D eigenvalue weighted by molar-refractivity contribution is 5.84. The molecule has 0 bridgehead atoms. The van der Waals surface area contributed by atoms with Crippen LogP contribution in [0.1, 0.15) is 18.3 Å². The predicted octanol–water partition coefficient (Wildman–Crippen LogP) is 0.412. The van der Waals surface area contributed by atoms with Crippen molar-refractivity contribution < 1.29 is 10.2 Å². The number of anilines is 1. The van der Waals surface area contributed by atoms with Gasteiger partial charge in [0, 0.05) is 18.1 Å². The number of nitrogens with one attached hydrogen (secondary N) is 1. The van der Waals surface area contributed by atoms with Crippen LogP contribution in [-0.2, 0) is 6.42 Å². The van der Waals surface area contributed by atoms with E-state index in [9.17, 15) is 5.11 Å². The second-order valence-corrected chi connectivity index (χ2v) is 3.78. The van der Waals surface area contributed by atoms with Crippen molar-refractivity contribution in [2.45, 2.75) is 13.3 Å². The van der Waals surface area contributed by atoms with Gasteiger partial charge in [-0.1, -0.05) is 6.92 Å². The van der Waals surface area contributed by atoms with Crippen LogP contribution >= 0.6 is 0 Å². The van der Waals surface area contributed by atoms with Crippen molar-refractivity contribution in [1.82, 2.24) is 14.9 Å². The molecule has 0 saturated carbocycles. The zero-order valence-corrected chi connectivity index (χ0v) is 10.3. The normalized spacial score (nSPS) is 11.0. The van der Waals surface area contributed by atoms with Gasteiger partial charge in [0.05, 0.1) is 6.21 Å². The molecule has 0 aliphatic heterocycles. The highest BCUT2D eigenvalue weighted by Crippen LogP contribution is 2.20. The minimum Gasteiger partial charge on any atom is -0.508 e. The molecule has 0 atom stereocenters. The van der Waals surface area contributed by atoms with Crippen molar-refractivity contribution in [2.24, 2.45) is 5.10 Å². The number of nitrogen functional groups attached to an aromatic ring is 1. The Balaban J connectivity index is 2.09. The molecular formula is C11H14N6O2. The molecule has 1 aromatic carbocycles. The monoisotopic (exact) mass is 262 g/mol. The Hall–Kier alpha value is -2.77. The van der Waals surface area contributed by atoms with Crippen LogP contribution < -0.4 is 11.3 Å². The Kier molecular flexibility index (Phi) is 3.51. The molecule has 2 aromatic rings. The maximum Gasteiger partial charge on any atom is 0.263 e. The van der Waals surface area contributed by atoms with Crippen LogP contribution in [0.2, 0.25) is 0 Å².